The predicted octanol–water partition coefficient (Wildman–Crippen LogP) is 6.42. The molecule has 0 aliphatic carbocycles. The fraction of sp³-hybridized carbons (Fsp3) is 0.226. The molecule has 1 unspecified atom stereocenters. The molecule has 0 saturated carbocycles. The van der Waals surface area contributed by atoms with E-state index in [9.17, 15) is 0 Å². The van der Waals surface area contributed by atoms with Gasteiger partial charge < -0.3 is 19.3 Å². The number of fused-ring (bicyclic) bond motifs is 2. The van der Waals surface area contributed by atoms with Crippen LogP contribution in [0.3, 0.4) is 0 Å². The Morgan fingerprint density at radius 1 is 0.657 bits per heavy atom. The zero-order chi connectivity index (χ0) is 23.6. The van der Waals surface area contributed by atoms with Gasteiger partial charge in [0, 0.05) is 35.6 Å². The molecule has 4 nitrogen and oxygen atoms in total. The van der Waals surface area contributed by atoms with Crippen molar-refractivity contribution >= 4 is 11.4 Å². The number of hydrogen-bond acceptors (Lipinski definition) is 4. The molecule has 0 bridgehead atoms. The summed E-state index contributed by atoms with van der Waals surface area (Å²) < 4.78 is 12.1. The molecule has 1 atom stereocenters. The summed E-state index contributed by atoms with van der Waals surface area (Å²) in [6.45, 7) is 5.35. The first-order valence-corrected chi connectivity index (χ1v) is 12.3. The Kier molecular flexibility index (Phi) is 5.79. The van der Waals surface area contributed by atoms with Crippen LogP contribution in [0.1, 0.15) is 29.2 Å². The number of para-hydroxylation sites is 2. The second kappa shape index (κ2) is 9.38. The Morgan fingerprint density at radius 2 is 1.20 bits per heavy atom. The summed E-state index contributed by atoms with van der Waals surface area (Å²) in [5, 5.41) is 0. The summed E-state index contributed by atoms with van der Waals surface area (Å²) in [4.78, 5) is 4.68. The van der Waals surface area contributed by atoms with E-state index in [1.165, 1.54) is 33.6 Å². The predicted molar refractivity (Wildman–Crippen MR) is 141 cm³/mol. The highest BCUT2D eigenvalue weighted by Gasteiger charge is 2.20. The van der Waals surface area contributed by atoms with Crippen LogP contribution in [0.15, 0.2) is 97.1 Å². The Labute approximate surface area is 207 Å². The molecule has 4 heteroatoms. The highest BCUT2D eigenvalue weighted by atomic mass is 16.5. The van der Waals surface area contributed by atoms with Crippen LogP contribution in [0.2, 0.25) is 0 Å². The van der Waals surface area contributed by atoms with E-state index < -0.39 is 0 Å². The molecular formula is C31H30N2O2. The Bertz CT molecular complexity index is 1300. The lowest BCUT2D eigenvalue weighted by atomic mass is 10.0. The quantitative estimate of drug-likeness (QED) is 0.349. The van der Waals surface area contributed by atoms with Crippen molar-refractivity contribution in [2.24, 2.45) is 0 Å². The molecule has 0 N–H and O–H groups in total. The van der Waals surface area contributed by atoms with Crippen LogP contribution < -0.4 is 19.3 Å². The topological polar surface area (TPSA) is 24.9 Å². The molecule has 0 aromatic heterocycles. The van der Waals surface area contributed by atoms with Crippen molar-refractivity contribution in [3.63, 3.8) is 0 Å². The van der Waals surface area contributed by atoms with Crippen LogP contribution >= 0.6 is 0 Å². The Hall–Kier alpha value is -3.92. The number of benzene rings is 4. The lowest BCUT2D eigenvalue weighted by molar-refractivity contribution is 0.233. The van der Waals surface area contributed by atoms with Gasteiger partial charge in [0.05, 0.1) is 6.54 Å². The summed E-state index contributed by atoms with van der Waals surface area (Å²) in [5.74, 6) is 2.00. The number of anilines is 2. The molecule has 4 aromatic carbocycles. The zero-order valence-electron chi connectivity index (χ0n) is 20.1. The number of ether oxygens (including phenoxy) is 2. The van der Waals surface area contributed by atoms with Crippen LogP contribution in [-0.4, -0.2) is 19.4 Å². The first kappa shape index (κ1) is 21.6. The normalized spacial score (nSPS) is 17.0. The Balaban J connectivity index is 1.12. The molecule has 2 aliphatic rings. The van der Waals surface area contributed by atoms with E-state index in [4.69, 9.17) is 9.47 Å². The van der Waals surface area contributed by atoms with Crippen molar-refractivity contribution < 1.29 is 9.47 Å². The summed E-state index contributed by atoms with van der Waals surface area (Å²) in [6.07, 6.45) is 1.07. The minimum atomic E-state index is 0.149. The number of hydrogen-bond donors (Lipinski definition) is 0. The first-order chi connectivity index (χ1) is 17.2. The van der Waals surface area contributed by atoms with Crippen LogP contribution in [-0.2, 0) is 19.5 Å². The van der Waals surface area contributed by atoms with Crippen molar-refractivity contribution in [1.82, 2.24) is 0 Å². The van der Waals surface area contributed by atoms with E-state index in [0.29, 0.717) is 6.73 Å². The highest BCUT2D eigenvalue weighted by Crippen LogP contribution is 2.30. The minimum absolute atomic E-state index is 0.149. The third kappa shape index (κ3) is 4.69. The zero-order valence-corrected chi connectivity index (χ0v) is 20.1. The Morgan fingerprint density at radius 3 is 1.89 bits per heavy atom. The second-order valence-electron chi connectivity index (χ2n) is 9.51. The van der Waals surface area contributed by atoms with Gasteiger partial charge in [0.1, 0.15) is 17.6 Å². The average Bonchev–Trinajstić information content (AvgIpc) is 3.07. The lowest BCUT2D eigenvalue weighted by Crippen LogP contribution is -2.31. The maximum absolute atomic E-state index is 6.13. The molecule has 0 spiro atoms. The van der Waals surface area contributed by atoms with Crippen molar-refractivity contribution in [2.45, 2.75) is 32.5 Å². The van der Waals surface area contributed by atoms with E-state index in [-0.39, 0.29) is 6.10 Å². The summed E-state index contributed by atoms with van der Waals surface area (Å²) >= 11 is 0. The van der Waals surface area contributed by atoms with E-state index in [0.717, 1.165) is 37.6 Å². The molecule has 0 fully saturated rings. The SMILES string of the molecule is CC1CN(c2ccc(Cc3ccc(N4COc5ccccc5C4)cc3)cc2)Cc2ccccc2O1. The van der Waals surface area contributed by atoms with E-state index in [1.54, 1.807) is 0 Å². The van der Waals surface area contributed by atoms with Gasteiger partial charge >= 0.3 is 0 Å². The second-order valence-corrected chi connectivity index (χ2v) is 9.51. The first-order valence-electron chi connectivity index (χ1n) is 12.3. The fourth-order valence-corrected chi connectivity index (χ4v) is 5.01. The maximum atomic E-state index is 6.13. The highest BCUT2D eigenvalue weighted by molar-refractivity contribution is 5.53. The van der Waals surface area contributed by atoms with Gasteiger partial charge in [0.15, 0.2) is 6.73 Å². The lowest BCUT2D eigenvalue weighted by Gasteiger charge is -2.30. The summed E-state index contributed by atoms with van der Waals surface area (Å²) in [6, 6.07) is 34.5. The van der Waals surface area contributed by atoms with Gasteiger partial charge in [-0.25, -0.2) is 0 Å². The van der Waals surface area contributed by atoms with Gasteiger partial charge in [0.2, 0.25) is 0 Å². The minimum Gasteiger partial charge on any atom is -0.489 e. The van der Waals surface area contributed by atoms with Crippen LogP contribution in [0.5, 0.6) is 11.5 Å². The van der Waals surface area contributed by atoms with Crippen molar-refractivity contribution in [1.29, 1.82) is 0 Å². The van der Waals surface area contributed by atoms with Crippen LogP contribution in [0, 0.1) is 0 Å². The summed E-state index contributed by atoms with van der Waals surface area (Å²) in [5.41, 5.74) is 7.53. The van der Waals surface area contributed by atoms with E-state index in [2.05, 4.69) is 95.6 Å². The molecule has 6 rings (SSSR count). The monoisotopic (exact) mass is 462 g/mol. The number of rotatable bonds is 4. The summed E-state index contributed by atoms with van der Waals surface area (Å²) in [7, 11) is 0. The molecule has 0 amide bonds. The molecule has 0 radical (unpaired) electrons. The molecule has 4 aromatic rings. The van der Waals surface area contributed by atoms with E-state index in [1.807, 2.05) is 18.2 Å². The number of nitrogens with zero attached hydrogens (tertiary/aromatic N) is 2. The molecule has 0 saturated heterocycles. The maximum Gasteiger partial charge on any atom is 0.161 e. The van der Waals surface area contributed by atoms with Gasteiger partial charge in [-0.05, 0) is 60.9 Å². The van der Waals surface area contributed by atoms with Crippen LogP contribution in [0.25, 0.3) is 0 Å². The van der Waals surface area contributed by atoms with Gasteiger partial charge in [0.25, 0.3) is 0 Å². The van der Waals surface area contributed by atoms with Crippen molar-refractivity contribution in [3.8, 4) is 11.5 Å². The fourth-order valence-electron chi connectivity index (χ4n) is 5.01. The molecule has 176 valence electrons. The molecule has 35 heavy (non-hydrogen) atoms. The molecular weight excluding hydrogens is 432 g/mol. The van der Waals surface area contributed by atoms with Crippen LogP contribution in [0.4, 0.5) is 11.4 Å². The van der Waals surface area contributed by atoms with Gasteiger partial charge in [-0.2, -0.15) is 0 Å². The van der Waals surface area contributed by atoms with Gasteiger partial charge in [-0.15, -0.1) is 0 Å². The molecule has 2 aliphatic heterocycles. The smallest absolute Gasteiger partial charge is 0.161 e. The average molecular weight is 463 g/mol. The van der Waals surface area contributed by atoms with E-state index >= 15 is 0 Å². The van der Waals surface area contributed by atoms with Crippen molar-refractivity contribution in [2.75, 3.05) is 23.1 Å². The third-order valence-corrected chi connectivity index (χ3v) is 6.86. The largest absolute Gasteiger partial charge is 0.489 e. The van der Waals surface area contributed by atoms with Gasteiger partial charge in [-0.1, -0.05) is 60.7 Å². The van der Waals surface area contributed by atoms with Gasteiger partial charge in [-0.3, -0.25) is 0 Å². The molecule has 2 heterocycles. The third-order valence-electron chi connectivity index (χ3n) is 6.86. The standard InChI is InChI=1S/C31H30N2O2/c1-23-19-32(20-27-7-3-5-9-31(27)35-23)28-14-10-24(11-15-28)18-25-12-16-29(17-13-25)33-21-26-6-2-4-8-30(26)34-22-33/h2-17,23H,18-22H2,1H3. The van der Waals surface area contributed by atoms with Crippen molar-refractivity contribution in [3.05, 3.63) is 119 Å².